The van der Waals surface area contributed by atoms with Crippen molar-refractivity contribution < 1.29 is 14.3 Å². The van der Waals surface area contributed by atoms with Gasteiger partial charge in [-0.15, -0.1) is 11.8 Å². The number of fused-ring (bicyclic) bond motifs is 1. The lowest BCUT2D eigenvalue weighted by Gasteiger charge is -2.14. The number of nitrogens with zero attached hydrogens (tertiary/aromatic N) is 3. The number of para-hydroxylation sites is 2. The maximum atomic E-state index is 12.8. The van der Waals surface area contributed by atoms with E-state index < -0.39 is 11.2 Å². The van der Waals surface area contributed by atoms with Crippen molar-refractivity contribution in [3.05, 3.63) is 56.9 Å². The highest BCUT2D eigenvalue weighted by atomic mass is 32.2. The first kappa shape index (κ1) is 21.6. The topological polar surface area (TPSA) is 104 Å². The van der Waals surface area contributed by atoms with Gasteiger partial charge < -0.3 is 14.8 Å². The molecule has 1 aromatic carbocycles. The quantitative estimate of drug-likeness (QED) is 0.567. The molecule has 0 saturated carbocycles. The van der Waals surface area contributed by atoms with Gasteiger partial charge in [-0.1, -0.05) is 12.1 Å². The normalized spacial score (nSPS) is 10.9. The second kappa shape index (κ2) is 9.14. The van der Waals surface area contributed by atoms with Crippen LogP contribution in [0.5, 0.6) is 5.75 Å². The lowest BCUT2D eigenvalue weighted by molar-refractivity contribution is -0.113. The molecule has 10 heteroatoms. The third kappa shape index (κ3) is 4.10. The fourth-order valence-electron chi connectivity index (χ4n) is 3.04. The summed E-state index contributed by atoms with van der Waals surface area (Å²) in [6, 6.07) is 7.09. The molecule has 0 aliphatic heterocycles. The highest BCUT2D eigenvalue weighted by Gasteiger charge is 2.19. The Labute approximate surface area is 176 Å². The summed E-state index contributed by atoms with van der Waals surface area (Å²) in [5, 5.41) is 3.09. The summed E-state index contributed by atoms with van der Waals surface area (Å²) in [6.07, 6.45) is 1.56. The molecule has 0 aliphatic carbocycles. The van der Waals surface area contributed by atoms with Gasteiger partial charge in [0.25, 0.3) is 5.56 Å². The van der Waals surface area contributed by atoms with Crippen LogP contribution in [0.3, 0.4) is 0 Å². The van der Waals surface area contributed by atoms with Gasteiger partial charge >= 0.3 is 5.69 Å². The van der Waals surface area contributed by atoms with E-state index in [0.717, 1.165) is 4.57 Å². The Kier molecular flexibility index (Phi) is 6.58. The van der Waals surface area contributed by atoms with Crippen molar-refractivity contribution in [1.82, 2.24) is 14.1 Å². The monoisotopic (exact) mass is 430 g/mol. The molecule has 0 fully saturated rings. The summed E-state index contributed by atoms with van der Waals surface area (Å²) >= 11 is 1.19. The number of hydrogen-bond donors (Lipinski definition) is 1. The zero-order valence-corrected chi connectivity index (χ0v) is 17.9. The molecule has 2 heterocycles. The molecule has 0 saturated heterocycles. The first-order valence-corrected chi connectivity index (χ1v) is 9.99. The first-order valence-electron chi connectivity index (χ1n) is 9.01. The largest absolute Gasteiger partial charge is 0.495 e. The van der Waals surface area contributed by atoms with Crippen molar-refractivity contribution in [3.8, 4) is 5.75 Å². The summed E-state index contributed by atoms with van der Waals surface area (Å²) in [6.45, 7) is 0.214. The lowest BCUT2D eigenvalue weighted by atomic mass is 10.2. The number of amides is 1. The van der Waals surface area contributed by atoms with E-state index in [-0.39, 0.29) is 29.3 Å². The summed E-state index contributed by atoms with van der Waals surface area (Å²) in [5.74, 6) is 0.327. The van der Waals surface area contributed by atoms with E-state index in [9.17, 15) is 14.4 Å². The van der Waals surface area contributed by atoms with Crippen LogP contribution in [0.2, 0.25) is 0 Å². The Hall–Kier alpha value is -3.11. The van der Waals surface area contributed by atoms with Crippen LogP contribution >= 0.6 is 11.8 Å². The summed E-state index contributed by atoms with van der Waals surface area (Å²) in [7, 11) is 6.03. The van der Waals surface area contributed by atoms with Crippen LogP contribution in [0, 0.1) is 0 Å². The average molecular weight is 430 g/mol. The molecule has 2 aromatic heterocycles. The summed E-state index contributed by atoms with van der Waals surface area (Å²) < 4.78 is 12.8. The van der Waals surface area contributed by atoms with Crippen LogP contribution in [-0.2, 0) is 30.2 Å². The minimum atomic E-state index is -0.468. The maximum Gasteiger partial charge on any atom is 0.332 e. The van der Waals surface area contributed by atoms with E-state index in [1.807, 2.05) is 6.07 Å². The Morgan fingerprint density at radius 2 is 1.90 bits per heavy atom. The molecule has 0 aliphatic rings. The minimum absolute atomic E-state index is 0.0415. The zero-order valence-electron chi connectivity index (χ0n) is 17.1. The number of rotatable bonds is 7. The van der Waals surface area contributed by atoms with Crippen molar-refractivity contribution in [1.29, 1.82) is 0 Å². The van der Waals surface area contributed by atoms with Crippen LogP contribution in [0.1, 0.15) is 5.56 Å². The van der Waals surface area contributed by atoms with E-state index in [1.54, 1.807) is 31.4 Å². The van der Waals surface area contributed by atoms with Gasteiger partial charge in [0.1, 0.15) is 11.4 Å². The number of aromatic nitrogens is 3. The van der Waals surface area contributed by atoms with E-state index >= 15 is 0 Å². The first-order chi connectivity index (χ1) is 14.4. The number of carbonyl (C=O) groups excluding carboxylic acids is 1. The summed E-state index contributed by atoms with van der Waals surface area (Å²) in [4.78, 5) is 42.5. The molecule has 3 aromatic rings. The molecule has 0 spiro atoms. The lowest BCUT2D eigenvalue weighted by Crippen LogP contribution is -2.37. The van der Waals surface area contributed by atoms with Gasteiger partial charge in [-0.2, -0.15) is 0 Å². The Balaban J connectivity index is 1.98. The molecular weight excluding hydrogens is 408 g/mol. The number of hydrogen-bond acceptors (Lipinski definition) is 7. The molecule has 9 nitrogen and oxygen atoms in total. The third-order valence-electron chi connectivity index (χ3n) is 4.52. The fourth-order valence-corrected chi connectivity index (χ4v) is 4.00. The van der Waals surface area contributed by atoms with Gasteiger partial charge in [0.2, 0.25) is 5.91 Å². The molecule has 158 valence electrons. The maximum absolute atomic E-state index is 12.8. The second-order valence-corrected chi connectivity index (χ2v) is 7.47. The van der Waals surface area contributed by atoms with Crippen molar-refractivity contribution in [2.75, 3.05) is 25.3 Å². The number of ether oxygens (including phenoxy) is 2. The van der Waals surface area contributed by atoms with E-state index in [1.165, 1.54) is 37.6 Å². The SMILES string of the molecule is COCc1cnc2c(c1SCC(=O)Nc1ccccc1OC)c(=O)n(C)c(=O)n2C. The Morgan fingerprint density at radius 1 is 1.17 bits per heavy atom. The minimum Gasteiger partial charge on any atom is -0.495 e. The molecule has 0 unspecified atom stereocenters. The molecule has 3 rings (SSSR count). The van der Waals surface area contributed by atoms with Gasteiger partial charge in [0.05, 0.1) is 30.5 Å². The van der Waals surface area contributed by atoms with Gasteiger partial charge in [0, 0.05) is 37.9 Å². The molecule has 0 atom stereocenters. The van der Waals surface area contributed by atoms with E-state index in [4.69, 9.17) is 9.47 Å². The highest BCUT2D eigenvalue weighted by molar-refractivity contribution is 8.00. The van der Waals surface area contributed by atoms with E-state index in [0.29, 0.717) is 21.9 Å². The smallest absolute Gasteiger partial charge is 0.332 e. The van der Waals surface area contributed by atoms with Crippen LogP contribution in [-0.4, -0.2) is 40.0 Å². The van der Waals surface area contributed by atoms with Crippen LogP contribution in [0.25, 0.3) is 11.0 Å². The Morgan fingerprint density at radius 3 is 2.60 bits per heavy atom. The van der Waals surface area contributed by atoms with Gasteiger partial charge in [0.15, 0.2) is 0 Å². The Bertz CT molecular complexity index is 1220. The standard InChI is InChI=1S/C20H22N4O5S/c1-23-18-16(19(26)24(2)20(23)27)17(12(9-21-18)10-28-3)30-11-15(25)22-13-7-5-6-8-14(13)29-4/h5-9H,10-11H2,1-4H3,(H,22,25). The number of thioether (sulfide) groups is 1. The average Bonchev–Trinajstić information content (AvgIpc) is 2.75. The van der Waals surface area contributed by atoms with Gasteiger partial charge in [-0.05, 0) is 12.1 Å². The van der Waals surface area contributed by atoms with Crippen molar-refractivity contribution in [2.24, 2.45) is 14.1 Å². The van der Waals surface area contributed by atoms with Crippen molar-refractivity contribution in [3.63, 3.8) is 0 Å². The number of carbonyl (C=O) groups is 1. The number of nitrogens with one attached hydrogen (secondary N) is 1. The molecular formula is C20H22N4O5S. The number of anilines is 1. The highest BCUT2D eigenvalue weighted by Crippen LogP contribution is 2.29. The predicted molar refractivity (Wildman–Crippen MR) is 115 cm³/mol. The zero-order chi connectivity index (χ0) is 21.8. The molecule has 0 bridgehead atoms. The van der Waals surface area contributed by atoms with Crippen molar-refractivity contribution in [2.45, 2.75) is 11.5 Å². The number of benzene rings is 1. The van der Waals surface area contributed by atoms with Crippen LogP contribution in [0.4, 0.5) is 5.69 Å². The molecule has 30 heavy (non-hydrogen) atoms. The van der Waals surface area contributed by atoms with Crippen LogP contribution < -0.4 is 21.3 Å². The number of methoxy groups -OCH3 is 2. The predicted octanol–water partition coefficient (Wildman–Crippen LogP) is 1.52. The molecule has 0 radical (unpaired) electrons. The molecule has 1 amide bonds. The third-order valence-corrected chi connectivity index (χ3v) is 5.69. The van der Waals surface area contributed by atoms with Gasteiger partial charge in [-0.25, -0.2) is 9.78 Å². The number of pyridine rings is 1. The molecule has 1 N–H and O–H groups in total. The van der Waals surface area contributed by atoms with Crippen molar-refractivity contribution >= 4 is 34.4 Å². The number of aryl methyl sites for hydroxylation is 1. The van der Waals surface area contributed by atoms with E-state index in [2.05, 4.69) is 10.3 Å². The fraction of sp³-hybridized carbons (Fsp3) is 0.300. The second-order valence-electron chi connectivity index (χ2n) is 6.49. The summed E-state index contributed by atoms with van der Waals surface area (Å²) in [5.41, 5.74) is 0.544. The van der Waals surface area contributed by atoms with Gasteiger partial charge in [-0.3, -0.25) is 18.7 Å². The van der Waals surface area contributed by atoms with Crippen LogP contribution in [0.15, 0.2) is 44.9 Å².